The number of aromatic amines is 1. The van der Waals surface area contributed by atoms with Gasteiger partial charge < -0.3 is 11.1 Å². The third-order valence-corrected chi connectivity index (χ3v) is 6.50. The Labute approximate surface area is 168 Å². The van der Waals surface area contributed by atoms with Gasteiger partial charge in [-0.15, -0.1) is 11.8 Å². The summed E-state index contributed by atoms with van der Waals surface area (Å²) in [5.41, 5.74) is 7.22. The molecule has 3 aromatic rings. The van der Waals surface area contributed by atoms with Gasteiger partial charge in [-0.05, 0) is 49.2 Å². The van der Waals surface area contributed by atoms with Crippen molar-refractivity contribution in [3.05, 3.63) is 60.4 Å². The Morgan fingerprint density at radius 1 is 1.11 bits per heavy atom. The first-order valence-corrected chi connectivity index (χ1v) is 10.3. The average Bonchev–Trinajstić information content (AvgIpc) is 3.40. The van der Waals surface area contributed by atoms with Crippen molar-refractivity contribution in [1.82, 2.24) is 15.2 Å². The lowest BCUT2D eigenvalue weighted by atomic mass is 10.1. The first-order valence-electron chi connectivity index (χ1n) is 9.46. The second-order valence-electron chi connectivity index (χ2n) is 6.96. The summed E-state index contributed by atoms with van der Waals surface area (Å²) in [7, 11) is 0. The van der Waals surface area contributed by atoms with E-state index < -0.39 is 4.75 Å². The smallest absolute Gasteiger partial charge is 0.240 e. The third-order valence-electron chi connectivity index (χ3n) is 5.01. The fraction of sp³-hybridized carbons (Fsp3) is 0.286. The van der Waals surface area contributed by atoms with E-state index in [2.05, 4.69) is 32.6 Å². The summed E-state index contributed by atoms with van der Waals surface area (Å²) in [6, 6.07) is 17.8. The van der Waals surface area contributed by atoms with Gasteiger partial charge in [0.1, 0.15) is 5.82 Å². The van der Waals surface area contributed by atoms with Gasteiger partial charge in [0.2, 0.25) is 5.91 Å². The van der Waals surface area contributed by atoms with Crippen LogP contribution in [0.4, 0.5) is 5.69 Å². The van der Waals surface area contributed by atoms with Crippen LogP contribution in [-0.4, -0.2) is 25.8 Å². The fourth-order valence-electron chi connectivity index (χ4n) is 3.50. The molecule has 1 aliphatic rings. The number of nitrogens with zero attached hydrogens (tertiary/aromatic N) is 2. The highest BCUT2D eigenvalue weighted by molar-refractivity contribution is 8.01. The van der Waals surface area contributed by atoms with E-state index in [1.54, 1.807) is 11.8 Å². The second kappa shape index (κ2) is 8.16. The molecule has 1 saturated carbocycles. The van der Waals surface area contributed by atoms with Crippen LogP contribution in [-0.2, 0) is 11.3 Å². The Kier molecular flexibility index (Phi) is 5.45. The normalized spacial score (nSPS) is 15.5. The lowest BCUT2D eigenvalue weighted by Gasteiger charge is -2.27. The molecule has 1 aromatic heterocycles. The molecule has 0 spiro atoms. The molecule has 28 heavy (non-hydrogen) atoms. The summed E-state index contributed by atoms with van der Waals surface area (Å²) >= 11 is 1.68. The molecular weight excluding hydrogens is 370 g/mol. The van der Waals surface area contributed by atoms with Crippen molar-refractivity contribution in [1.29, 1.82) is 0 Å². The highest BCUT2D eigenvalue weighted by atomic mass is 32.2. The van der Waals surface area contributed by atoms with Crippen LogP contribution in [0.3, 0.4) is 0 Å². The van der Waals surface area contributed by atoms with E-state index >= 15 is 0 Å². The van der Waals surface area contributed by atoms with E-state index in [-0.39, 0.29) is 5.91 Å². The molecule has 0 radical (unpaired) electrons. The van der Waals surface area contributed by atoms with Crippen molar-refractivity contribution in [3.63, 3.8) is 0 Å². The van der Waals surface area contributed by atoms with Gasteiger partial charge in [0.25, 0.3) is 0 Å². The summed E-state index contributed by atoms with van der Waals surface area (Å²) < 4.78 is -0.403. The third kappa shape index (κ3) is 3.95. The molecule has 0 saturated heterocycles. The van der Waals surface area contributed by atoms with Crippen LogP contribution in [0.5, 0.6) is 0 Å². The fourth-order valence-corrected chi connectivity index (χ4v) is 4.88. The lowest BCUT2D eigenvalue weighted by Crippen LogP contribution is -2.37. The topological polar surface area (TPSA) is 96.7 Å². The van der Waals surface area contributed by atoms with Crippen molar-refractivity contribution in [3.8, 4) is 11.4 Å². The van der Waals surface area contributed by atoms with E-state index in [1.807, 2.05) is 42.5 Å². The number of carbonyl (C=O) groups is 1. The summed E-state index contributed by atoms with van der Waals surface area (Å²) in [6.07, 6.45) is 3.96. The van der Waals surface area contributed by atoms with Crippen LogP contribution in [0.25, 0.3) is 11.4 Å². The second-order valence-corrected chi connectivity index (χ2v) is 8.41. The van der Waals surface area contributed by atoms with Crippen molar-refractivity contribution in [2.75, 3.05) is 5.32 Å². The van der Waals surface area contributed by atoms with Crippen LogP contribution in [0.1, 0.15) is 31.5 Å². The Balaban J connectivity index is 1.48. The first-order chi connectivity index (χ1) is 13.7. The number of H-pyrrole nitrogens is 1. The van der Waals surface area contributed by atoms with E-state index in [9.17, 15) is 4.79 Å². The van der Waals surface area contributed by atoms with Gasteiger partial charge in [-0.2, -0.15) is 5.10 Å². The average molecular weight is 394 g/mol. The first kappa shape index (κ1) is 18.7. The maximum Gasteiger partial charge on any atom is 0.240 e. The Bertz CT molecular complexity index is 933. The number of hydrogen-bond acceptors (Lipinski definition) is 5. The van der Waals surface area contributed by atoms with Crippen molar-refractivity contribution in [2.45, 2.75) is 41.9 Å². The van der Waals surface area contributed by atoms with Gasteiger partial charge in [0.15, 0.2) is 5.82 Å². The molecule has 0 aliphatic heterocycles. The van der Waals surface area contributed by atoms with E-state index in [1.165, 1.54) is 0 Å². The van der Waals surface area contributed by atoms with Gasteiger partial charge in [0.05, 0.1) is 11.3 Å². The number of amides is 1. The monoisotopic (exact) mass is 393 g/mol. The number of benzene rings is 2. The number of nitrogens with one attached hydrogen (secondary N) is 2. The molecule has 4 N–H and O–H groups in total. The van der Waals surface area contributed by atoms with Crippen molar-refractivity contribution in [2.24, 2.45) is 5.73 Å². The summed E-state index contributed by atoms with van der Waals surface area (Å²) in [6.45, 7) is 0.322. The van der Waals surface area contributed by atoms with Gasteiger partial charge >= 0.3 is 0 Å². The maximum absolute atomic E-state index is 13.2. The van der Waals surface area contributed by atoms with Crippen LogP contribution in [0.15, 0.2) is 59.5 Å². The predicted octanol–water partition coefficient (Wildman–Crippen LogP) is 3.97. The molecule has 4 rings (SSSR count). The van der Waals surface area contributed by atoms with Crippen LogP contribution in [0, 0.1) is 0 Å². The number of rotatable bonds is 6. The standard InChI is InChI=1S/C21H23N5OS/c22-14-18-24-19(26-25-18)15-8-10-16(11-9-15)23-20(27)21(12-4-5-13-21)28-17-6-2-1-3-7-17/h1-3,6-11H,4-5,12-14,22H2,(H,23,27)(H,24,25,26). The predicted molar refractivity (Wildman–Crippen MR) is 112 cm³/mol. The van der Waals surface area contributed by atoms with Gasteiger partial charge in [-0.25, -0.2) is 4.98 Å². The van der Waals surface area contributed by atoms with Crippen LogP contribution < -0.4 is 11.1 Å². The van der Waals surface area contributed by atoms with Crippen LogP contribution >= 0.6 is 11.8 Å². The zero-order valence-electron chi connectivity index (χ0n) is 15.5. The molecule has 2 aromatic carbocycles. The van der Waals surface area contributed by atoms with Gasteiger partial charge in [0, 0.05) is 16.1 Å². The number of carbonyl (C=O) groups excluding carboxylic acids is 1. The molecule has 6 nitrogen and oxygen atoms in total. The number of hydrogen-bond donors (Lipinski definition) is 3. The quantitative estimate of drug-likeness (QED) is 0.589. The maximum atomic E-state index is 13.2. The Morgan fingerprint density at radius 3 is 2.46 bits per heavy atom. The van der Waals surface area contributed by atoms with Gasteiger partial charge in [-0.3, -0.25) is 9.89 Å². The number of anilines is 1. The molecule has 1 amide bonds. The van der Waals surface area contributed by atoms with Crippen molar-refractivity contribution < 1.29 is 4.79 Å². The molecule has 1 aliphatic carbocycles. The largest absolute Gasteiger partial charge is 0.325 e. The molecule has 144 valence electrons. The van der Waals surface area contributed by atoms with Crippen molar-refractivity contribution >= 4 is 23.4 Å². The molecule has 0 bridgehead atoms. The minimum Gasteiger partial charge on any atom is -0.325 e. The molecule has 7 heteroatoms. The number of nitrogens with two attached hydrogens (primary N) is 1. The molecular formula is C21H23N5OS. The zero-order chi connectivity index (χ0) is 19.4. The summed E-state index contributed by atoms with van der Waals surface area (Å²) in [5.74, 6) is 1.33. The van der Waals surface area contributed by atoms with E-state index in [0.29, 0.717) is 18.2 Å². The Hall–Kier alpha value is -2.64. The molecule has 0 unspecified atom stereocenters. The zero-order valence-corrected chi connectivity index (χ0v) is 16.3. The lowest BCUT2D eigenvalue weighted by molar-refractivity contribution is -0.118. The minimum atomic E-state index is -0.403. The Morgan fingerprint density at radius 2 is 1.82 bits per heavy atom. The summed E-state index contributed by atoms with van der Waals surface area (Å²) in [4.78, 5) is 18.6. The van der Waals surface area contributed by atoms with E-state index in [4.69, 9.17) is 5.73 Å². The molecule has 1 heterocycles. The van der Waals surface area contributed by atoms with Crippen LogP contribution in [0.2, 0.25) is 0 Å². The minimum absolute atomic E-state index is 0.0786. The molecule has 1 fully saturated rings. The number of thioether (sulfide) groups is 1. The number of aromatic nitrogens is 3. The highest BCUT2D eigenvalue weighted by Gasteiger charge is 2.42. The SMILES string of the molecule is NCc1nc(-c2ccc(NC(=O)C3(Sc4ccccc4)CCCC3)cc2)n[nH]1. The highest BCUT2D eigenvalue weighted by Crippen LogP contribution is 2.46. The molecule has 0 atom stereocenters. The van der Waals surface area contributed by atoms with E-state index in [0.717, 1.165) is 41.8 Å². The van der Waals surface area contributed by atoms with Gasteiger partial charge in [-0.1, -0.05) is 31.0 Å². The summed E-state index contributed by atoms with van der Waals surface area (Å²) in [5, 5.41) is 10.1.